The highest BCUT2D eigenvalue weighted by atomic mass is 16.5. The first-order valence-corrected chi connectivity index (χ1v) is 10.5. The largest absolute Gasteiger partial charge is 0.493 e. The van der Waals surface area contributed by atoms with Crippen molar-refractivity contribution >= 4 is 5.97 Å². The summed E-state index contributed by atoms with van der Waals surface area (Å²) >= 11 is 0. The summed E-state index contributed by atoms with van der Waals surface area (Å²) in [4.78, 5) is 12.1. The summed E-state index contributed by atoms with van der Waals surface area (Å²) < 4.78 is 11.1. The monoisotopic (exact) mass is 405 g/mol. The van der Waals surface area contributed by atoms with Crippen LogP contribution in [0.4, 0.5) is 0 Å². The van der Waals surface area contributed by atoms with Gasteiger partial charge in [0.2, 0.25) is 0 Å². The first-order valence-electron chi connectivity index (χ1n) is 10.5. The highest BCUT2D eigenvalue weighted by Gasteiger charge is 2.32. The van der Waals surface area contributed by atoms with Crippen LogP contribution in [0.2, 0.25) is 0 Å². The summed E-state index contributed by atoms with van der Waals surface area (Å²) in [5, 5.41) is 3.24. The topological polar surface area (TPSA) is 71.6 Å². The van der Waals surface area contributed by atoms with E-state index in [0.717, 1.165) is 60.4 Å². The zero-order valence-corrected chi connectivity index (χ0v) is 19.0. The summed E-state index contributed by atoms with van der Waals surface area (Å²) in [5.41, 5.74) is 10.2. The fraction of sp³-hybridized carbons (Fsp3) is 0.609. The minimum Gasteiger partial charge on any atom is -0.493 e. The number of rotatable bonds is 11. The predicted molar refractivity (Wildman–Crippen MR) is 119 cm³/mol. The number of methoxy groups -OCH3 is 1. The molecule has 1 fully saturated rings. The molecule has 0 amide bonds. The summed E-state index contributed by atoms with van der Waals surface area (Å²) in [6.07, 6.45) is 8.91. The smallest absolute Gasteiger partial charge is 0.309 e. The number of hydrazine groups is 1. The van der Waals surface area contributed by atoms with Crippen LogP contribution in [-0.4, -0.2) is 33.8 Å². The van der Waals surface area contributed by atoms with Gasteiger partial charge >= 0.3 is 5.97 Å². The molecule has 2 atom stereocenters. The van der Waals surface area contributed by atoms with E-state index < -0.39 is 0 Å². The van der Waals surface area contributed by atoms with Gasteiger partial charge in [-0.15, -0.1) is 0 Å². The molecule has 1 aliphatic rings. The van der Waals surface area contributed by atoms with Crippen molar-refractivity contribution in [2.45, 2.75) is 52.9 Å². The second-order valence-electron chi connectivity index (χ2n) is 7.48. The molecule has 1 aliphatic carbocycles. The van der Waals surface area contributed by atoms with Gasteiger partial charge in [0.25, 0.3) is 0 Å². The van der Waals surface area contributed by atoms with Gasteiger partial charge in [0.05, 0.1) is 25.3 Å². The number of esters is 1. The normalized spacial score (nSPS) is 21.2. The van der Waals surface area contributed by atoms with E-state index in [4.69, 9.17) is 9.47 Å². The third-order valence-corrected chi connectivity index (χ3v) is 5.37. The second-order valence-corrected chi connectivity index (χ2v) is 7.48. The van der Waals surface area contributed by atoms with Gasteiger partial charge in [0.15, 0.2) is 0 Å². The Morgan fingerprint density at radius 2 is 1.86 bits per heavy atom. The third-order valence-electron chi connectivity index (χ3n) is 5.37. The lowest BCUT2D eigenvalue weighted by atomic mass is 9.80. The van der Waals surface area contributed by atoms with E-state index in [1.54, 1.807) is 0 Å². The Morgan fingerprint density at radius 3 is 2.41 bits per heavy atom. The quantitative estimate of drug-likeness (QED) is 0.209. The van der Waals surface area contributed by atoms with Crippen LogP contribution in [0.5, 0.6) is 0 Å². The number of allylic oxidation sites excluding steroid dienone is 5. The molecular formula is C23H39N3O3. The first kappa shape index (κ1) is 24.8. The van der Waals surface area contributed by atoms with Crippen LogP contribution in [0.25, 0.3) is 0 Å². The number of hydrogen-bond acceptors (Lipinski definition) is 6. The SMILES string of the molecule is C=C(C)\C(=C/C=C(C)/C(NNC)=C(/CC)NC)OC[C@H]1CCCCC1C(=O)OC. The number of carbonyl (C=O) groups is 1. The van der Waals surface area contributed by atoms with Crippen molar-refractivity contribution in [3.63, 3.8) is 0 Å². The van der Waals surface area contributed by atoms with Crippen LogP contribution in [-0.2, 0) is 14.3 Å². The van der Waals surface area contributed by atoms with Gasteiger partial charge < -0.3 is 20.2 Å². The third kappa shape index (κ3) is 7.61. The Hall–Kier alpha value is -2.21. The van der Waals surface area contributed by atoms with Gasteiger partial charge in [0.1, 0.15) is 5.76 Å². The fourth-order valence-corrected chi connectivity index (χ4v) is 3.68. The highest BCUT2D eigenvalue weighted by molar-refractivity contribution is 5.72. The minimum absolute atomic E-state index is 0.0745. The van der Waals surface area contributed by atoms with Crippen molar-refractivity contribution < 1.29 is 14.3 Å². The van der Waals surface area contributed by atoms with E-state index in [0.29, 0.717) is 6.61 Å². The number of nitrogens with one attached hydrogen (secondary N) is 3. The molecule has 0 aliphatic heterocycles. The molecule has 1 saturated carbocycles. The maximum atomic E-state index is 12.1. The summed E-state index contributed by atoms with van der Waals surface area (Å²) in [6, 6.07) is 0. The van der Waals surface area contributed by atoms with Gasteiger partial charge in [-0.3, -0.25) is 4.79 Å². The Balaban J connectivity index is 2.97. The zero-order chi connectivity index (χ0) is 21.8. The van der Waals surface area contributed by atoms with Crippen molar-refractivity contribution in [3.8, 4) is 0 Å². The van der Waals surface area contributed by atoms with E-state index in [9.17, 15) is 4.79 Å². The summed E-state index contributed by atoms with van der Waals surface area (Å²) in [6.45, 7) is 10.6. The molecule has 0 bridgehead atoms. The molecule has 1 rings (SSSR count). The lowest BCUT2D eigenvalue weighted by molar-refractivity contribution is -0.149. The molecule has 0 heterocycles. The maximum absolute atomic E-state index is 12.1. The Bertz CT molecular complexity index is 644. The lowest BCUT2D eigenvalue weighted by Crippen LogP contribution is -2.31. The zero-order valence-electron chi connectivity index (χ0n) is 19.0. The molecule has 0 radical (unpaired) electrons. The fourth-order valence-electron chi connectivity index (χ4n) is 3.68. The molecule has 29 heavy (non-hydrogen) atoms. The molecular weight excluding hydrogens is 366 g/mol. The Morgan fingerprint density at radius 1 is 1.17 bits per heavy atom. The highest BCUT2D eigenvalue weighted by Crippen LogP contribution is 2.32. The standard InChI is InChI=1S/C23H39N3O3/c1-8-20(24-5)22(26-25-6)17(4)13-14-21(16(2)3)29-15-18-11-9-10-12-19(18)23(27)28-7/h13-14,18-19,24-26H,2,8-12,15H2,1,3-7H3/b17-13+,21-14+,22-20+/t18-,19?/m1/s1. The van der Waals surface area contributed by atoms with E-state index in [-0.39, 0.29) is 17.8 Å². The molecule has 0 saturated heterocycles. The van der Waals surface area contributed by atoms with Gasteiger partial charge in [0, 0.05) is 25.7 Å². The lowest BCUT2D eigenvalue weighted by Gasteiger charge is -2.29. The van der Waals surface area contributed by atoms with Crippen LogP contribution in [0.3, 0.4) is 0 Å². The van der Waals surface area contributed by atoms with Crippen molar-refractivity contribution in [2.24, 2.45) is 11.8 Å². The van der Waals surface area contributed by atoms with Crippen LogP contribution in [0.15, 0.2) is 47.0 Å². The van der Waals surface area contributed by atoms with Gasteiger partial charge in [-0.2, -0.15) is 0 Å². The van der Waals surface area contributed by atoms with E-state index in [1.165, 1.54) is 7.11 Å². The van der Waals surface area contributed by atoms with Crippen molar-refractivity contribution in [3.05, 3.63) is 47.0 Å². The first-order chi connectivity index (χ1) is 13.9. The Labute approximate surface area is 176 Å². The molecule has 0 aromatic rings. The van der Waals surface area contributed by atoms with Crippen LogP contribution in [0.1, 0.15) is 52.9 Å². The van der Waals surface area contributed by atoms with E-state index in [2.05, 4.69) is 29.7 Å². The van der Waals surface area contributed by atoms with Crippen molar-refractivity contribution in [1.82, 2.24) is 16.2 Å². The predicted octanol–water partition coefficient (Wildman–Crippen LogP) is 3.95. The Kier molecular flexibility index (Phi) is 11.2. The van der Waals surface area contributed by atoms with Crippen LogP contribution in [0, 0.1) is 11.8 Å². The molecule has 164 valence electrons. The van der Waals surface area contributed by atoms with Crippen LogP contribution < -0.4 is 16.2 Å². The van der Waals surface area contributed by atoms with Crippen LogP contribution >= 0.6 is 0 Å². The van der Waals surface area contributed by atoms with E-state index in [1.807, 2.05) is 40.1 Å². The van der Waals surface area contributed by atoms with Gasteiger partial charge in [-0.05, 0) is 50.3 Å². The summed E-state index contributed by atoms with van der Waals surface area (Å²) in [5.74, 6) is 0.725. The molecule has 1 unspecified atom stereocenters. The van der Waals surface area contributed by atoms with Crippen molar-refractivity contribution in [2.75, 3.05) is 27.8 Å². The number of hydrogen-bond donors (Lipinski definition) is 3. The minimum atomic E-state index is -0.123. The average Bonchev–Trinajstić information content (AvgIpc) is 2.73. The molecule has 0 aromatic carbocycles. The number of ether oxygens (including phenoxy) is 2. The molecule has 6 heteroatoms. The van der Waals surface area contributed by atoms with Gasteiger partial charge in [-0.25, -0.2) is 5.43 Å². The average molecular weight is 406 g/mol. The van der Waals surface area contributed by atoms with Gasteiger partial charge in [-0.1, -0.05) is 32.4 Å². The van der Waals surface area contributed by atoms with Crippen molar-refractivity contribution in [1.29, 1.82) is 0 Å². The maximum Gasteiger partial charge on any atom is 0.309 e. The molecule has 0 aromatic heterocycles. The second kappa shape index (κ2) is 13.1. The molecule has 6 nitrogen and oxygen atoms in total. The molecule has 3 N–H and O–H groups in total. The summed E-state index contributed by atoms with van der Waals surface area (Å²) in [7, 11) is 5.22. The number of carbonyl (C=O) groups excluding carboxylic acids is 1. The van der Waals surface area contributed by atoms with E-state index >= 15 is 0 Å². The molecule has 0 spiro atoms.